The molecule has 0 radical (unpaired) electrons. The number of aliphatic hydroxyl groups is 1. The van der Waals surface area contributed by atoms with Crippen LogP contribution in [0.5, 0.6) is 0 Å². The molecule has 0 aromatic heterocycles. The number of hydrogen-bond acceptors (Lipinski definition) is 3. The summed E-state index contributed by atoms with van der Waals surface area (Å²) >= 11 is 0. The first-order valence-electron chi connectivity index (χ1n) is 7.23. The van der Waals surface area contributed by atoms with Gasteiger partial charge in [0, 0.05) is 19.6 Å². The number of nitrogens with zero attached hydrogens (tertiary/aromatic N) is 2. The highest BCUT2D eigenvalue weighted by Gasteiger charge is 2.10. The predicted molar refractivity (Wildman–Crippen MR) is 81.3 cm³/mol. The van der Waals surface area contributed by atoms with Crippen molar-refractivity contribution in [3.05, 3.63) is 35.9 Å². The van der Waals surface area contributed by atoms with Gasteiger partial charge < -0.3 is 14.9 Å². The Hall–Kier alpha value is -0.900. The van der Waals surface area contributed by atoms with E-state index in [1.165, 1.54) is 0 Å². The standard InChI is InChI=1S/C16H28N2O/c1-4-11-18(14-13-17(2)3)12-10-16(19)15-8-6-5-7-9-15/h5-9,16,19H,4,10-14H2,1-3H3. The van der Waals surface area contributed by atoms with Crippen molar-refractivity contribution in [2.75, 3.05) is 40.3 Å². The lowest BCUT2D eigenvalue weighted by Gasteiger charge is -2.24. The summed E-state index contributed by atoms with van der Waals surface area (Å²) in [7, 11) is 4.20. The molecule has 0 bridgehead atoms. The van der Waals surface area contributed by atoms with Crippen molar-refractivity contribution in [2.24, 2.45) is 0 Å². The van der Waals surface area contributed by atoms with Crippen LogP contribution in [0.2, 0.25) is 0 Å². The Morgan fingerprint density at radius 2 is 1.68 bits per heavy atom. The normalized spacial score (nSPS) is 13.2. The van der Waals surface area contributed by atoms with Gasteiger partial charge in [0.15, 0.2) is 0 Å². The van der Waals surface area contributed by atoms with E-state index in [0.29, 0.717) is 0 Å². The highest BCUT2D eigenvalue weighted by atomic mass is 16.3. The summed E-state index contributed by atoms with van der Waals surface area (Å²) in [6.07, 6.45) is 1.62. The first-order chi connectivity index (χ1) is 9.13. The summed E-state index contributed by atoms with van der Waals surface area (Å²) in [4.78, 5) is 4.64. The SMILES string of the molecule is CCCN(CCC(O)c1ccccc1)CCN(C)C. The fourth-order valence-corrected chi connectivity index (χ4v) is 2.14. The van der Waals surface area contributed by atoms with Crippen molar-refractivity contribution < 1.29 is 5.11 Å². The molecule has 1 aromatic rings. The molecule has 1 aromatic carbocycles. The van der Waals surface area contributed by atoms with Gasteiger partial charge in [-0.05, 0) is 39.0 Å². The molecule has 3 heteroatoms. The molecule has 0 aliphatic carbocycles. The maximum atomic E-state index is 10.2. The molecule has 0 spiro atoms. The first kappa shape index (κ1) is 16.2. The summed E-state index contributed by atoms with van der Waals surface area (Å²) in [5.41, 5.74) is 1.02. The van der Waals surface area contributed by atoms with E-state index >= 15 is 0 Å². The third kappa shape index (κ3) is 6.71. The minimum absolute atomic E-state index is 0.347. The quantitative estimate of drug-likeness (QED) is 0.742. The molecular weight excluding hydrogens is 236 g/mol. The summed E-state index contributed by atoms with van der Waals surface area (Å²) in [6.45, 7) is 6.41. The average Bonchev–Trinajstić information content (AvgIpc) is 2.42. The van der Waals surface area contributed by atoms with Gasteiger partial charge in [0.2, 0.25) is 0 Å². The third-order valence-corrected chi connectivity index (χ3v) is 3.31. The average molecular weight is 264 g/mol. The van der Waals surface area contributed by atoms with Gasteiger partial charge in [0.25, 0.3) is 0 Å². The smallest absolute Gasteiger partial charge is 0.0802 e. The lowest BCUT2D eigenvalue weighted by molar-refractivity contribution is 0.138. The highest BCUT2D eigenvalue weighted by Crippen LogP contribution is 2.16. The Balaban J connectivity index is 2.38. The molecule has 0 fully saturated rings. The second kappa shape index (κ2) is 9.08. The van der Waals surface area contributed by atoms with Crippen LogP contribution in [0.15, 0.2) is 30.3 Å². The number of hydrogen-bond donors (Lipinski definition) is 1. The summed E-state index contributed by atoms with van der Waals surface area (Å²) in [6, 6.07) is 9.93. The number of rotatable bonds is 9. The Morgan fingerprint density at radius 3 is 2.26 bits per heavy atom. The van der Waals surface area contributed by atoms with Gasteiger partial charge in [-0.15, -0.1) is 0 Å². The van der Waals surface area contributed by atoms with E-state index in [-0.39, 0.29) is 6.10 Å². The van der Waals surface area contributed by atoms with E-state index in [1.54, 1.807) is 0 Å². The van der Waals surface area contributed by atoms with Crippen molar-refractivity contribution in [3.8, 4) is 0 Å². The van der Waals surface area contributed by atoms with E-state index in [1.807, 2.05) is 30.3 Å². The molecule has 1 atom stereocenters. The van der Waals surface area contributed by atoms with Crippen molar-refractivity contribution in [2.45, 2.75) is 25.9 Å². The molecule has 1 unspecified atom stereocenters. The molecule has 3 nitrogen and oxygen atoms in total. The monoisotopic (exact) mass is 264 g/mol. The zero-order valence-electron chi connectivity index (χ0n) is 12.5. The van der Waals surface area contributed by atoms with E-state index in [4.69, 9.17) is 0 Å². The lowest BCUT2D eigenvalue weighted by atomic mass is 10.1. The fraction of sp³-hybridized carbons (Fsp3) is 0.625. The second-order valence-corrected chi connectivity index (χ2v) is 5.36. The Bertz CT molecular complexity index is 327. The second-order valence-electron chi connectivity index (χ2n) is 5.36. The Morgan fingerprint density at radius 1 is 1.00 bits per heavy atom. The third-order valence-electron chi connectivity index (χ3n) is 3.31. The van der Waals surface area contributed by atoms with Crippen LogP contribution < -0.4 is 0 Å². The summed E-state index contributed by atoms with van der Waals surface area (Å²) < 4.78 is 0. The maximum Gasteiger partial charge on any atom is 0.0802 e. The lowest BCUT2D eigenvalue weighted by Crippen LogP contribution is -2.33. The molecule has 1 N–H and O–H groups in total. The van der Waals surface area contributed by atoms with Crippen molar-refractivity contribution in [1.82, 2.24) is 9.80 Å². The molecule has 0 aliphatic rings. The number of benzene rings is 1. The van der Waals surface area contributed by atoms with Gasteiger partial charge >= 0.3 is 0 Å². The minimum Gasteiger partial charge on any atom is -0.388 e. The van der Waals surface area contributed by atoms with Crippen LogP contribution >= 0.6 is 0 Å². The van der Waals surface area contributed by atoms with Gasteiger partial charge in [-0.25, -0.2) is 0 Å². The summed E-state index contributed by atoms with van der Waals surface area (Å²) in [5.74, 6) is 0. The molecule has 0 aliphatic heterocycles. The first-order valence-corrected chi connectivity index (χ1v) is 7.23. The van der Waals surface area contributed by atoms with Crippen LogP contribution in [-0.4, -0.2) is 55.2 Å². The van der Waals surface area contributed by atoms with Gasteiger partial charge in [0.05, 0.1) is 6.10 Å². The zero-order valence-corrected chi connectivity index (χ0v) is 12.5. The van der Waals surface area contributed by atoms with E-state index in [0.717, 1.165) is 44.6 Å². The van der Waals surface area contributed by atoms with Crippen LogP contribution in [0, 0.1) is 0 Å². The fourth-order valence-electron chi connectivity index (χ4n) is 2.14. The van der Waals surface area contributed by atoms with Crippen LogP contribution in [0.3, 0.4) is 0 Å². The van der Waals surface area contributed by atoms with Gasteiger partial charge in [-0.2, -0.15) is 0 Å². The van der Waals surface area contributed by atoms with Gasteiger partial charge in [-0.3, -0.25) is 0 Å². The topological polar surface area (TPSA) is 26.7 Å². The molecule has 1 rings (SSSR count). The Kier molecular flexibility index (Phi) is 7.72. The van der Waals surface area contributed by atoms with Gasteiger partial charge in [-0.1, -0.05) is 37.3 Å². The van der Waals surface area contributed by atoms with Crippen molar-refractivity contribution in [3.63, 3.8) is 0 Å². The number of likely N-dealkylation sites (N-methyl/N-ethyl adjacent to an activating group) is 1. The molecule has 0 amide bonds. The van der Waals surface area contributed by atoms with E-state index < -0.39 is 0 Å². The van der Waals surface area contributed by atoms with Crippen molar-refractivity contribution >= 4 is 0 Å². The zero-order chi connectivity index (χ0) is 14.1. The minimum atomic E-state index is -0.347. The molecule has 0 heterocycles. The van der Waals surface area contributed by atoms with Crippen molar-refractivity contribution in [1.29, 1.82) is 0 Å². The van der Waals surface area contributed by atoms with Crippen LogP contribution in [0.25, 0.3) is 0 Å². The molecule has 19 heavy (non-hydrogen) atoms. The van der Waals surface area contributed by atoms with Crippen LogP contribution in [-0.2, 0) is 0 Å². The Labute approximate surface area is 117 Å². The molecular formula is C16H28N2O. The van der Waals surface area contributed by atoms with E-state index in [9.17, 15) is 5.11 Å². The summed E-state index contributed by atoms with van der Waals surface area (Å²) in [5, 5.41) is 10.2. The van der Waals surface area contributed by atoms with E-state index in [2.05, 4.69) is 30.8 Å². The van der Waals surface area contributed by atoms with Crippen LogP contribution in [0.4, 0.5) is 0 Å². The molecule has 0 saturated carbocycles. The highest BCUT2D eigenvalue weighted by molar-refractivity contribution is 5.17. The molecule has 108 valence electrons. The molecule has 0 saturated heterocycles. The predicted octanol–water partition coefficient (Wildman–Crippen LogP) is 2.38. The van der Waals surface area contributed by atoms with Gasteiger partial charge in [0.1, 0.15) is 0 Å². The number of aliphatic hydroxyl groups excluding tert-OH is 1. The largest absolute Gasteiger partial charge is 0.388 e. The maximum absolute atomic E-state index is 10.2. The van der Waals surface area contributed by atoms with Crippen LogP contribution in [0.1, 0.15) is 31.4 Å².